The van der Waals surface area contributed by atoms with Crippen LogP contribution >= 0.6 is 15.9 Å². The van der Waals surface area contributed by atoms with Gasteiger partial charge in [-0.05, 0) is 82.9 Å². The van der Waals surface area contributed by atoms with E-state index in [-0.39, 0.29) is 17.4 Å². The van der Waals surface area contributed by atoms with Crippen molar-refractivity contribution in [3.05, 3.63) is 69.7 Å². The zero-order valence-electron chi connectivity index (χ0n) is 18.8. The molecule has 6 nitrogen and oxygen atoms in total. The van der Waals surface area contributed by atoms with E-state index >= 15 is 0 Å². The van der Waals surface area contributed by atoms with Gasteiger partial charge in [-0.15, -0.1) is 0 Å². The first-order chi connectivity index (χ1) is 15.2. The number of rotatable bonds is 8. The number of hydrogen-bond acceptors (Lipinski definition) is 5. The van der Waals surface area contributed by atoms with E-state index in [2.05, 4.69) is 15.9 Å². The zero-order chi connectivity index (χ0) is 23.4. The molecule has 1 amide bonds. The summed E-state index contributed by atoms with van der Waals surface area (Å²) in [5.74, 6) is -0.756. The second-order valence-electron chi connectivity index (χ2n) is 8.39. The zero-order valence-corrected chi connectivity index (χ0v) is 20.4. The summed E-state index contributed by atoms with van der Waals surface area (Å²) in [7, 11) is 3.93. The van der Waals surface area contributed by atoms with Crippen molar-refractivity contribution in [2.75, 3.05) is 27.2 Å². The predicted molar refractivity (Wildman–Crippen MR) is 129 cm³/mol. The lowest BCUT2D eigenvalue weighted by molar-refractivity contribution is -0.139. The van der Waals surface area contributed by atoms with Gasteiger partial charge in [0, 0.05) is 16.6 Å². The number of aliphatic hydroxyl groups is 1. The second kappa shape index (κ2) is 10.3. The molecule has 1 N–H and O–H groups in total. The summed E-state index contributed by atoms with van der Waals surface area (Å²) in [6.45, 7) is 5.07. The Kier molecular flexibility index (Phi) is 7.74. The minimum Gasteiger partial charge on any atom is -0.507 e. The number of ketones is 1. The van der Waals surface area contributed by atoms with Crippen LogP contribution in [-0.4, -0.2) is 59.9 Å². The van der Waals surface area contributed by atoms with Crippen molar-refractivity contribution in [3.63, 3.8) is 0 Å². The molecule has 0 aliphatic carbocycles. The molecule has 1 heterocycles. The normalized spacial score (nSPS) is 18.1. The van der Waals surface area contributed by atoms with E-state index in [1.165, 1.54) is 0 Å². The highest BCUT2D eigenvalue weighted by Gasteiger charge is 2.45. The maximum absolute atomic E-state index is 13.0. The van der Waals surface area contributed by atoms with Gasteiger partial charge in [0.15, 0.2) is 0 Å². The lowest BCUT2D eigenvalue weighted by Gasteiger charge is -2.26. The molecule has 7 heteroatoms. The molecule has 0 bridgehead atoms. The van der Waals surface area contributed by atoms with Crippen LogP contribution in [0.3, 0.4) is 0 Å². The molecule has 170 valence electrons. The molecule has 0 unspecified atom stereocenters. The van der Waals surface area contributed by atoms with Crippen LogP contribution in [0.2, 0.25) is 0 Å². The first-order valence-corrected chi connectivity index (χ1v) is 11.4. The fourth-order valence-corrected chi connectivity index (χ4v) is 4.04. The van der Waals surface area contributed by atoms with Crippen molar-refractivity contribution < 1.29 is 19.4 Å². The Morgan fingerprint density at radius 1 is 1.09 bits per heavy atom. The van der Waals surface area contributed by atoms with Gasteiger partial charge in [0.25, 0.3) is 11.7 Å². The highest BCUT2D eigenvalue weighted by Crippen LogP contribution is 2.40. The summed E-state index contributed by atoms with van der Waals surface area (Å²) in [5, 5.41) is 11.1. The smallest absolute Gasteiger partial charge is 0.295 e. The molecule has 2 aromatic carbocycles. The number of likely N-dealkylation sites (tertiary alicyclic amines) is 1. The predicted octanol–water partition coefficient (Wildman–Crippen LogP) is 4.61. The fourth-order valence-electron chi connectivity index (χ4n) is 3.78. The number of amides is 1. The number of ether oxygens (including phenoxy) is 1. The molecule has 1 aliphatic heterocycles. The van der Waals surface area contributed by atoms with E-state index in [0.717, 1.165) is 16.6 Å². The van der Waals surface area contributed by atoms with E-state index in [1.807, 2.05) is 57.1 Å². The van der Waals surface area contributed by atoms with Crippen LogP contribution < -0.4 is 4.74 Å². The fraction of sp³-hybridized carbons (Fsp3) is 0.360. The van der Waals surface area contributed by atoms with E-state index in [1.54, 1.807) is 29.2 Å². The Morgan fingerprint density at radius 2 is 1.72 bits per heavy atom. The Bertz CT molecular complexity index is 998. The minimum atomic E-state index is -0.664. The number of aliphatic hydroxyl groups excluding tert-OH is 1. The molecule has 3 rings (SSSR count). The van der Waals surface area contributed by atoms with Crippen LogP contribution in [0.5, 0.6) is 5.75 Å². The summed E-state index contributed by atoms with van der Waals surface area (Å²) in [5.41, 5.74) is 1.35. The number of carbonyl (C=O) groups is 2. The Morgan fingerprint density at radius 3 is 2.28 bits per heavy atom. The van der Waals surface area contributed by atoms with Gasteiger partial charge in [0.2, 0.25) is 0 Å². The van der Waals surface area contributed by atoms with Crippen molar-refractivity contribution in [3.8, 4) is 5.75 Å². The molecular weight excluding hydrogens is 472 g/mol. The Balaban J connectivity index is 2.03. The average molecular weight is 501 g/mol. The van der Waals surface area contributed by atoms with Gasteiger partial charge in [-0.25, -0.2) is 0 Å². The molecule has 32 heavy (non-hydrogen) atoms. The molecule has 0 spiro atoms. The third kappa shape index (κ3) is 5.40. The van der Waals surface area contributed by atoms with Gasteiger partial charge in [0.1, 0.15) is 11.5 Å². The van der Waals surface area contributed by atoms with Crippen molar-refractivity contribution >= 4 is 33.4 Å². The number of Topliss-reactive ketones (excluding diaryl/α,β-unsaturated/α-hetero) is 1. The van der Waals surface area contributed by atoms with E-state index in [0.29, 0.717) is 24.3 Å². The first-order valence-electron chi connectivity index (χ1n) is 10.6. The molecule has 2 aromatic rings. The summed E-state index contributed by atoms with van der Waals surface area (Å²) >= 11 is 3.43. The highest BCUT2D eigenvalue weighted by atomic mass is 79.9. The maximum Gasteiger partial charge on any atom is 0.295 e. The topological polar surface area (TPSA) is 70.1 Å². The number of nitrogens with zero attached hydrogens (tertiary/aromatic N) is 2. The summed E-state index contributed by atoms with van der Waals surface area (Å²) in [6.07, 6.45) is 0.744. The number of hydrogen-bond donors (Lipinski definition) is 1. The summed E-state index contributed by atoms with van der Waals surface area (Å²) < 4.78 is 6.55. The summed E-state index contributed by atoms with van der Waals surface area (Å²) in [4.78, 5) is 29.6. The minimum absolute atomic E-state index is 0.0272. The second-order valence-corrected chi connectivity index (χ2v) is 9.31. The van der Waals surface area contributed by atoms with E-state index < -0.39 is 17.7 Å². The van der Waals surface area contributed by atoms with Gasteiger partial charge in [0.05, 0.1) is 17.7 Å². The molecule has 0 aromatic heterocycles. The van der Waals surface area contributed by atoms with Gasteiger partial charge >= 0.3 is 0 Å². The molecule has 0 radical (unpaired) electrons. The van der Waals surface area contributed by atoms with Crippen molar-refractivity contribution in [1.82, 2.24) is 9.80 Å². The van der Waals surface area contributed by atoms with Crippen molar-refractivity contribution in [2.45, 2.75) is 32.4 Å². The molecule has 1 aliphatic rings. The van der Waals surface area contributed by atoms with E-state index in [9.17, 15) is 14.7 Å². The lowest BCUT2D eigenvalue weighted by Crippen LogP contribution is -2.32. The van der Waals surface area contributed by atoms with Crippen LogP contribution in [0.1, 0.15) is 37.4 Å². The van der Waals surface area contributed by atoms with Crippen LogP contribution in [0.4, 0.5) is 0 Å². The molecule has 1 atom stereocenters. The Hall–Kier alpha value is -2.64. The SMILES string of the molecule is CC(C)Oc1ccc(C(O)=C2C(=O)C(=O)N(CCCN(C)C)[C@H]2c2ccc(Br)cc2)cc1. The lowest BCUT2D eigenvalue weighted by atomic mass is 9.95. The van der Waals surface area contributed by atoms with Gasteiger partial charge < -0.3 is 19.6 Å². The maximum atomic E-state index is 13.0. The van der Waals surface area contributed by atoms with Crippen LogP contribution in [0.15, 0.2) is 58.6 Å². The van der Waals surface area contributed by atoms with Gasteiger partial charge in [-0.1, -0.05) is 28.1 Å². The highest BCUT2D eigenvalue weighted by molar-refractivity contribution is 9.10. The van der Waals surface area contributed by atoms with Crippen molar-refractivity contribution in [2.24, 2.45) is 0 Å². The number of halogens is 1. The molecule has 1 saturated heterocycles. The standard InChI is InChI=1S/C25H29BrN2O4/c1-16(2)32-20-12-8-18(9-13-20)23(29)21-22(17-6-10-19(26)11-7-17)28(25(31)24(21)30)15-5-14-27(3)4/h6-13,16,22,29H,5,14-15H2,1-4H3/t22-/m0/s1. The largest absolute Gasteiger partial charge is 0.507 e. The monoisotopic (exact) mass is 500 g/mol. The Labute approximate surface area is 197 Å². The quantitative estimate of drug-likeness (QED) is 0.325. The van der Waals surface area contributed by atoms with Crippen LogP contribution in [-0.2, 0) is 9.59 Å². The summed E-state index contributed by atoms with van der Waals surface area (Å²) in [6, 6.07) is 13.7. The van der Waals surface area contributed by atoms with E-state index in [4.69, 9.17) is 4.74 Å². The third-order valence-corrected chi connectivity index (χ3v) is 5.76. The number of benzene rings is 2. The molecule has 1 fully saturated rings. The third-order valence-electron chi connectivity index (χ3n) is 5.23. The van der Waals surface area contributed by atoms with Gasteiger partial charge in [-0.3, -0.25) is 9.59 Å². The van der Waals surface area contributed by atoms with Gasteiger partial charge in [-0.2, -0.15) is 0 Å². The van der Waals surface area contributed by atoms with Crippen LogP contribution in [0.25, 0.3) is 5.76 Å². The molecular formula is C25H29BrN2O4. The first kappa shape index (κ1) is 24.0. The average Bonchev–Trinajstić information content (AvgIpc) is 2.99. The molecule has 0 saturated carbocycles. The van der Waals surface area contributed by atoms with Crippen LogP contribution in [0, 0.1) is 0 Å². The number of carbonyl (C=O) groups excluding carboxylic acids is 2. The van der Waals surface area contributed by atoms with Crippen molar-refractivity contribution in [1.29, 1.82) is 0 Å².